The fraction of sp³-hybridized carbons (Fsp3) is 0.714. The molecule has 1 aliphatic heterocycles. The molecular formula is C14H22N2O2. The quantitative estimate of drug-likeness (QED) is 0.806. The number of carbonyl (C=O) groups excluding carboxylic acids is 1. The molecule has 0 spiro atoms. The van der Waals surface area contributed by atoms with Crippen molar-refractivity contribution in [1.82, 2.24) is 9.78 Å². The lowest BCUT2D eigenvalue weighted by molar-refractivity contribution is -0.128. The second-order valence-electron chi connectivity index (χ2n) is 5.24. The van der Waals surface area contributed by atoms with Crippen LogP contribution in [0.15, 0.2) is 12.3 Å². The van der Waals surface area contributed by atoms with Gasteiger partial charge in [0.25, 0.3) is 0 Å². The van der Waals surface area contributed by atoms with Crippen molar-refractivity contribution >= 4 is 5.78 Å². The number of nitrogens with zero attached hydrogens (tertiary/aromatic N) is 2. The molecule has 3 unspecified atom stereocenters. The zero-order valence-corrected chi connectivity index (χ0v) is 11.4. The zero-order chi connectivity index (χ0) is 13.1. The average Bonchev–Trinajstić information content (AvgIpc) is 2.97. The van der Waals surface area contributed by atoms with Crippen LogP contribution in [0, 0.1) is 5.92 Å². The Morgan fingerprint density at radius 1 is 1.67 bits per heavy atom. The van der Waals surface area contributed by atoms with Crippen molar-refractivity contribution in [3.8, 4) is 0 Å². The molecule has 1 fully saturated rings. The minimum atomic E-state index is -0.223. The van der Waals surface area contributed by atoms with Gasteiger partial charge in [-0.25, -0.2) is 0 Å². The van der Waals surface area contributed by atoms with E-state index in [0.29, 0.717) is 25.0 Å². The highest BCUT2D eigenvalue weighted by atomic mass is 16.5. The number of ether oxygens (including phenoxy) is 1. The van der Waals surface area contributed by atoms with Crippen molar-refractivity contribution < 1.29 is 9.53 Å². The Kier molecular flexibility index (Phi) is 4.17. The van der Waals surface area contributed by atoms with Crippen LogP contribution in [-0.4, -0.2) is 28.3 Å². The van der Waals surface area contributed by atoms with Gasteiger partial charge in [0.05, 0.1) is 12.1 Å². The van der Waals surface area contributed by atoms with Crippen LogP contribution in [0.25, 0.3) is 0 Å². The Balaban J connectivity index is 1.97. The summed E-state index contributed by atoms with van der Waals surface area (Å²) in [5.41, 5.74) is 0.850. The molecule has 0 N–H and O–H groups in total. The van der Waals surface area contributed by atoms with Crippen molar-refractivity contribution in [2.24, 2.45) is 5.92 Å². The SMILES string of the molecule is CCC(C)n1ccc(CC(=O)C2OCCC2C)n1. The molecular weight excluding hydrogens is 228 g/mol. The summed E-state index contributed by atoms with van der Waals surface area (Å²) >= 11 is 0. The van der Waals surface area contributed by atoms with Gasteiger partial charge in [0, 0.05) is 18.8 Å². The molecule has 18 heavy (non-hydrogen) atoms. The van der Waals surface area contributed by atoms with E-state index in [1.54, 1.807) is 0 Å². The first-order valence-electron chi connectivity index (χ1n) is 6.80. The predicted molar refractivity (Wildman–Crippen MR) is 69.5 cm³/mol. The maximum atomic E-state index is 12.1. The molecule has 2 rings (SSSR count). The largest absolute Gasteiger partial charge is 0.370 e. The first-order valence-corrected chi connectivity index (χ1v) is 6.80. The molecule has 1 aromatic heterocycles. The van der Waals surface area contributed by atoms with E-state index < -0.39 is 0 Å². The smallest absolute Gasteiger partial charge is 0.167 e. The summed E-state index contributed by atoms with van der Waals surface area (Å²) in [6, 6.07) is 2.32. The highest BCUT2D eigenvalue weighted by molar-refractivity contribution is 5.85. The first-order chi connectivity index (χ1) is 8.61. The molecule has 1 saturated heterocycles. The Hall–Kier alpha value is -1.16. The van der Waals surface area contributed by atoms with Crippen LogP contribution in [0.5, 0.6) is 0 Å². The first kappa shape index (κ1) is 13.3. The fourth-order valence-corrected chi connectivity index (χ4v) is 2.29. The summed E-state index contributed by atoms with van der Waals surface area (Å²) in [6.07, 6.45) is 4.14. The molecule has 4 heteroatoms. The van der Waals surface area contributed by atoms with E-state index in [0.717, 1.165) is 18.5 Å². The molecule has 0 bridgehead atoms. The molecule has 4 nitrogen and oxygen atoms in total. The summed E-state index contributed by atoms with van der Waals surface area (Å²) in [4.78, 5) is 12.1. The number of hydrogen-bond donors (Lipinski definition) is 0. The number of Topliss-reactive ketones (excluding diaryl/α,β-unsaturated/α-hetero) is 1. The van der Waals surface area contributed by atoms with Crippen LogP contribution >= 0.6 is 0 Å². The third-order valence-corrected chi connectivity index (χ3v) is 3.77. The number of ketones is 1. The van der Waals surface area contributed by atoms with E-state index >= 15 is 0 Å². The predicted octanol–water partition coefficient (Wildman–Crippen LogP) is 2.39. The van der Waals surface area contributed by atoms with Gasteiger partial charge in [0.1, 0.15) is 6.10 Å². The van der Waals surface area contributed by atoms with Crippen LogP contribution in [0.1, 0.15) is 45.3 Å². The van der Waals surface area contributed by atoms with Crippen LogP contribution in [0.3, 0.4) is 0 Å². The summed E-state index contributed by atoms with van der Waals surface area (Å²) in [6.45, 7) is 7.04. The molecule has 0 radical (unpaired) electrons. The third-order valence-electron chi connectivity index (χ3n) is 3.77. The van der Waals surface area contributed by atoms with Gasteiger partial charge in [-0.05, 0) is 31.7 Å². The molecule has 3 atom stereocenters. The van der Waals surface area contributed by atoms with Crippen LogP contribution in [-0.2, 0) is 16.0 Å². The van der Waals surface area contributed by atoms with E-state index in [4.69, 9.17) is 4.74 Å². The van der Waals surface area contributed by atoms with Crippen LogP contribution in [0.2, 0.25) is 0 Å². The van der Waals surface area contributed by atoms with E-state index in [9.17, 15) is 4.79 Å². The van der Waals surface area contributed by atoms with Crippen molar-refractivity contribution in [3.63, 3.8) is 0 Å². The third kappa shape index (κ3) is 2.80. The monoisotopic (exact) mass is 250 g/mol. The van der Waals surface area contributed by atoms with Crippen molar-refractivity contribution in [1.29, 1.82) is 0 Å². The maximum absolute atomic E-state index is 12.1. The summed E-state index contributed by atoms with van der Waals surface area (Å²) in [7, 11) is 0. The van der Waals surface area contributed by atoms with Crippen LogP contribution < -0.4 is 0 Å². The number of carbonyl (C=O) groups is 1. The minimum absolute atomic E-state index is 0.161. The average molecular weight is 250 g/mol. The van der Waals surface area contributed by atoms with Gasteiger partial charge in [-0.3, -0.25) is 9.48 Å². The summed E-state index contributed by atoms with van der Waals surface area (Å²) in [5.74, 6) is 0.503. The van der Waals surface area contributed by atoms with E-state index in [-0.39, 0.29) is 11.9 Å². The summed E-state index contributed by atoms with van der Waals surface area (Å²) < 4.78 is 7.42. The topological polar surface area (TPSA) is 44.1 Å². The lowest BCUT2D eigenvalue weighted by atomic mass is 9.98. The highest BCUT2D eigenvalue weighted by Crippen LogP contribution is 2.22. The molecule has 0 amide bonds. The van der Waals surface area contributed by atoms with Gasteiger partial charge in [-0.2, -0.15) is 5.10 Å². The minimum Gasteiger partial charge on any atom is -0.370 e. The van der Waals surface area contributed by atoms with Gasteiger partial charge < -0.3 is 4.74 Å². The molecule has 1 aliphatic rings. The van der Waals surface area contributed by atoms with Crippen molar-refractivity contribution in [3.05, 3.63) is 18.0 Å². The van der Waals surface area contributed by atoms with E-state index in [2.05, 4.69) is 25.9 Å². The highest BCUT2D eigenvalue weighted by Gasteiger charge is 2.30. The second kappa shape index (κ2) is 5.65. The lowest BCUT2D eigenvalue weighted by Crippen LogP contribution is -2.27. The number of hydrogen-bond acceptors (Lipinski definition) is 3. The Morgan fingerprint density at radius 3 is 3.06 bits per heavy atom. The molecule has 100 valence electrons. The standard InChI is InChI=1S/C14H22N2O2/c1-4-11(3)16-7-5-12(15-16)9-13(17)14-10(2)6-8-18-14/h5,7,10-11,14H,4,6,8-9H2,1-3H3. The summed E-state index contributed by atoms with van der Waals surface area (Å²) in [5, 5.41) is 4.46. The van der Waals surface area contributed by atoms with Gasteiger partial charge in [-0.15, -0.1) is 0 Å². The van der Waals surface area contributed by atoms with Gasteiger partial charge in [-0.1, -0.05) is 13.8 Å². The lowest BCUT2D eigenvalue weighted by Gasteiger charge is -2.12. The molecule has 0 aliphatic carbocycles. The fourth-order valence-electron chi connectivity index (χ4n) is 2.29. The normalized spacial score (nSPS) is 25.3. The maximum Gasteiger partial charge on any atom is 0.167 e. The zero-order valence-electron chi connectivity index (χ0n) is 11.4. The second-order valence-corrected chi connectivity index (χ2v) is 5.24. The Bertz CT molecular complexity index is 414. The van der Waals surface area contributed by atoms with Gasteiger partial charge in [0.2, 0.25) is 0 Å². The Morgan fingerprint density at radius 2 is 2.44 bits per heavy atom. The van der Waals surface area contributed by atoms with Crippen molar-refractivity contribution in [2.75, 3.05) is 6.61 Å². The van der Waals surface area contributed by atoms with E-state index in [1.165, 1.54) is 0 Å². The number of aromatic nitrogens is 2. The van der Waals surface area contributed by atoms with Crippen molar-refractivity contribution in [2.45, 2.75) is 52.2 Å². The van der Waals surface area contributed by atoms with Gasteiger partial charge >= 0.3 is 0 Å². The Labute approximate surface area is 108 Å². The molecule has 0 aromatic carbocycles. The van der Waals surface area contributed by atoms with Gasteiger partial charge in [0.15, 0.2) is 5.78 Å². The molecule has 1 aromatic rings. The molecule has 0 saturated carbocycles. The van der Waals surface area contributed by atoms with E-state index in [1.807, 2.05) is 16.9 Å². The molecule has 2 heterocycles. The van der Waals surface area contributed by atoms with Crippen LogP contribution in [0.4, 0.5) is 0 Å². The number of rotatable bonds is 5.